The topological polar surface area (TPSA) is 57.7 Å². The highest BCUT2D eigenvalue weighted by atomic mass is 16.5. The van der Waals surface area contributed by atoms with Gasteiger partial charge in [-0.3, -0.25) is 9.69 Å². The molecule has 1 aliphatic heterocycles. The van der Waals surface area contributed by atoms with Gasteiger partial charge in [-0.2, -0.15) is 0 Å². The van der Waals surface area contributed by atoms with Crippen molar-refractivity contribution in [3.8, 4) is 0 Å². The van der Waals surface area contributed by atoms with E-state index in [9.17, 15) is 4.79 Å². The van der Waals surface area contributed by atoms with Crippen molar-refractivity contribution < 1.29 is 9.53 Å². The summed E-state index contributed by atoms with van der Waals surface area (Å²) in [4.78, 5) is 22.1. The summed E-state index contributed by atoms with van der Waals surface area (Å²) in [6.07, 6.45) is 2.10. The fourth-order valence-corrected chi connectivity index (χ4v) is 3.97. The first-order valence-electron chi connectivity index (χ1n) is 10.5. The molecular formula is C23H32N4O2. The van der Waals surface area contributed by atoms with Gasteiger partial charge in [0.15, 0.2) is 0 Å². The maximum Gasteiger partial charge on any atom is 0.246 e. The van der Waals surface area contributed by atoms with Gasteiger partial charge < -0.3 is 15.0 Å². The standard InChI is InChI=1S/C23H32N4O2/c1-5-26(6-2)22(19-10-8-7-9-11-19)23(28)25-20-12-13-21(24-14-20)27-15-17(3)29-18(4)16-27/h7-14,17-18,22H,5-6,15-16H2,1-4H3,(H,25,28). The van der Waals surface area contributed by atoms with Crippen molar-refractivity contribution in [1.82, 2.24) is 9.88 Å². The molecule has 0 saturated carbocycles. The van der Waals surface area contributed by atoms with Crippen molar-refractivity contribution in [2.45, 2.75) is 45.9 Å². The number of rotatable bonds is 7. The maximum absolute atomic E-state index is 13.1. The van der Waals surface area contributed by atoms with Crippen molar-refractivity contribution in [2.75, 3.05) is 36.4 Å². The van der Waals surface area contributed by atoms with Crippen LogP contribution in [0.15, 0.2) is 48.7 Å². The van der Waals surface area contributed by atoms with Gasteiger partial charge in [-0.05, 0) is 44.6 Å². The zero-order chi connectivity index (χ0) is 20.8. The van der Waals surface area contributed by atoms with Gasteiger partial charge >= 0.3 is 0 Å². The molecule has 1 fully saturated rings. The lowest BCUT2D eigenvalue weighted by Crippen LogP contribution is -2.45. The highest BCUT2D eigenvalue weighted by molar-refractivity contribution is 5.95. The number of hydrogen-bond donors (Lipinski definition) is 1. The number of nitrogens with zero attached hydrogens (tertiary/aromatic N) is 3. The van der Waals surface area contributed by atoms with Crippen LogP contribution in [0.2, 0.25) is 0 Å². The first kappa shape index (κ1) is 21.3. The summed E-state index contributed by atoms with van der Waals surface area (Å²) in [5.74, 6) is 0.872. The predicted molar refractivity (Wildman–Crippen MR) is 117 cm³/mol. The number of anilines is 2. The molecule has 1 amide bonds. The number of likely N-dealkylation sites (N-methyl/N-ethyl adjacent to an activating group) is 1. The Morgan fingerprint density at radius 2 is 1.79 bits per heavy atom. The molecule has 6 heteroatoms. The van der Waals surface area contributed by atoms with Crippen LogP contribution in [-0.4, -0.2) is 54.2 Å². The smallest absolute Gasteiger partial charge is 0.246 e. The van der Waals surface area contributed by atoms with Crippen LogP contribution < -0.4 is 10.2 Å². The van der Waals surface area contributed by atoms with Gasteiger partial charge in [-0.25, -0.2) is 4.98 Å². The minimum absolute atomic E-state index is 0.0388. The summed E-state index contributed by atoms with van der Waals surface area (Å²) < 4.78 is 5.80. The molecule has 2 aromatic rings. The molecule has 29 heavy (non-hydrogen) atoms. The number of hydrogen-bond acceptors (Lipinski definition) is 5. The van der Waals surface area contributed by atoms with Crippen LogP contribution in [0.25, 0.3) is 0 Å². The summed E-state index contributed by atoms with van der Waals surface area (Å²) in [6, 6.07) is 13.5. The van der Waals surface area contributed by atoms with Crippen molar-refractivity contribution in [1.29, 1.82) is 0 Å². The second-order valence-corrected chi connectivity index (χ2v) is 7.59. The lowest BCUT2D eigenvalue weighted by molar-refractivity contribution is -0.121. The van der Waals surface area contributed by atoms with Crippen LogP contribution >= 0.6 is 0 Å². The van der Waals surface area contributed by atoms with Crippen molar-refractivity contribution in [3.63, 3.8) is 0 Å². The van der Waals surface area contributed by atoms with Gasteiger partial charge in [0.05, 0.1) is 24.1 Å². The van der Waals surface area contributed by atoms with Gasteiger partial charge in [0.1, 0.15) is 11.9 Å². The van der Waals surface area contributed by atoms with E-state index in [2.05, 4.69) is 47.8 Å². The van der Waals surface area contributed by atoms with Gasteiger partial charge in [0.25, 0.3) is 0 Å². The van der Waals surface area contributed by atoms with Crippen molar-refractivity contribution >= 4 is 17.4 Å². The van der Waals surface area contributed by atoms with E-state index < -0.39 is 0 Å². The van der Waals surface area contributed by atoms with E-state index in [4.69, 9.17) is 4.74 Å². The molecule has 6 nitrogen and oxygen atoms in total. The second-order valence-electron chi connectivity index (χ2n) is 7.59. The quantitative estimate of drug-likeness (QED) is 0.773. The fourth-order valence-electron chi connectivity index (χ4n) is 3.97. The molecule has 0 bridgehead atoms. The van der Waals surface area contributed by atoms with Crippen LogP contribution in [0.3, 0.4) is 0 Å². The van der Waals surface area contributed by atoms with E-state index >= 15 is 0 Å². The average Bonchev–Trinajstić information content (AvgIpc) is 2.72. The van der Waals surface area contributed by atoms with Gasteiger partial charge in [0.2, 0.25) is 5.91 Å². The number of ether oxygens (including phenoxy) is 1. The lowest BCUT2D eigenvalue weighted by atomic mass is 10.0. The molecule has 0 radical (unpaired) electrons. The lowest BCUT2D eigenvalue weighted by Gasteiger charge is -2.36. The van der Waals surface area contributed by atoms with Crippen molar-refractivity contribution in [3.05, 3.63) is 54.2 Å². The molecular weight excluding hydrogens is 364 g/mol. The number of pyridine rings is 1. The summed E-state index contributed by atoms with van der Waals surface area (Å²) in [5.41, 5.74) is 1.70. The molecule has 156 valence electrons. The number of aromatic nitrogens is 1. The third-order valence-corrected chi connectivity index (χ3v) is 5.30. The summed E-state index contributed by atoms with van der Waals surface area (Å²) >= 11 is 0. The third kappa shape index (κ3) is 5.34. The van der Waals surface area contributed by atoms with E-state index in [0.717, 1.165) is 37.6 Å². The SMILES string of the molecule is CCN(CC)C(C(=O)Nc1ccc(N2CC(C)OC(C)C2)nc1)c1ccccc1. The zero-order valence-corrected chi connectivity index (χ0v) is 17.8. The first-order chi connectivity index (χ1) is 14.0. The Kier molecular flexibility index (Phi) is 7.23. The Labute approximate surface area is 173 Å². The second kappa shape index (κ2) is 9.85. The van der Waals surface area contributed by atoms with Crippen LogP contribution in [0.1, 0.15) is 39.3 Å². The highest BCUT2D eigenvalue weighted by Crippen LogP contribution is 2.24. The number of nitrogens with one attached hydrogen (secondary N) is 1. The van der Waals surface area contributed by atoms with Gasteiger partial charge in [0, 0.05) is 13.1 Å². The molecule has 1 N–H and O–H groups in total. The predicted octanol–water partition coefficient (Wildman–Crippen LogP) is 3.72. The summed E-state index contributed by atoms with van der Waals surface area (Å²) in [7, 11) is 0. The van der Waals surface area contributed by atoms with Crippen LogP contribution in [0, 0.1) is 0 Å². The third-order valence-electron chi connectivity index (χ3n) is 5.30. The molecule has 0 spiro atoms. The van der Waals surface area contributed by atoms with E-state index in [-0.39, 0.29) is 24.2 Å². The summed E-state index contributed by atoms with van der Waals surface area (Å²) in [5, 5.41) is 3.05. The van der Waals surface area contributed by atoms with E-state index in [0.29, 0.717) is 5.69 Å². The normalized spacial score (nSPS) is 20.5. The molecule has 3 unspecified atom stereocenters. The largest absolute Gasteiger partial charge is 0.372 e. The van der Waals surface area contributed by atoms with Crippen LogP contribution in [0.5, 0.6) is 0 Å². The molecule has 3 rings (SSSR count). The number of amides is 1. The molecule has 1 saturated heterocycles. The summed E-state index contributed by atoms with van der Waals surface area (Å²) in [6.45, 7) is 11.5. The molecule has 1 aromatic heterocycles. The highest BCUT2D eigenvalue weighted by Gasteiger charge is 2.26. The Morgan fingerprint density at radius 1 is 1.14 bits per heavy atom. The molecule has 0 aliphatic carbocycles. The van der Waals surface area contributed by atoms with Gasteiger partial charge in [-0.15, -0.1) is 0 Å². The number of benzene rings is 1. The number of morpholine rings is 1. The number of carbonyl (C=O) groups is 1. The average molecular weight is 397 g/mol. The minimum atomic E-state index is -0.327. The minimum Gasteiger partial charge on any atom is -0.372 e. The van der Waals surface area contributed by atoms with E-state index in [1.807, 2.05) is 42.5 Å². The first-order valence-corrected chi connectivity index (χ1v) is 10.5. The molecule has 1 aromatic carbocycles. The zero-order valence-electron chi connectivity index (χ0n) is 17.8. The Morgan fingerprint density at radius 3 is 2.34 bits per heavy atom. The molecule has 3 atom stereocenters. The molecule has 2 heterocycles. The fraction of sp³-hybridized carbons (Fsp3) is 0.478. The van der Waals surface area contributed by atoms with Crippen molar-refractivity contribution in [2.24, 2.45) is 0 Å². The Bertz CT molecular complexity index is 767. The van der Waals surface area contributed by atoms with Crippen LogP contribution in [-0.2, 0) is 9.53 Å². The van der Waals surface area contributed by atoms with E-state index in [1.54, 1.807) is 6.20 Å². The number of carbonyl (C=O) groups excluding carboxylic acids is 1. The Balaban J connectivity index is 1.73. The van der Waals surface area contributed by atoms with Crippen LogP contribution in [0.4, 0.5) is 11.5 Å². The van der Waals surface area contributed by atoms with E-state index in [1.165, 1.54) is 0 Å². The monoisotopic (exact) mass is 396 g/mol. The van der Waals surface area contributed by atoms with Gasteiger partial charge in [-0.1, -0.05) is 44.2 Å². The Hall–Kier alpha value is -2.44. The maximum atomic E-state index is 13.1. The molecule has 1 aliphatic rings.